The van der Waals surface area contributed by atoms with Crippen molar-refractivity contribution in [2.75, 3.05) is 12.0 Å². The van der Waals surface area contributed by atoms with Gasteiger partial charge in [-0.25, -0.2) is 0 Å². The fraction of sp³-hybridized carbons (Fsp3) is 0.100. The number of hydrogen-bond acceptors (Lipinski definition) is 3. The van der Waals surface area contributed by atoms with Gasteiger partial charge in [-0.05, 0) is 18.4 Å². The average molecular weight is 205 g/mol. The molecule has 0 aliphatic heterocycles. The van der Waals surface area contributed by atoms with Crippen molar-refractivity contribution in [1.82, 2.24) is 9.97 Å². The predicted octanol–water partition coefficient (Wildman–Crippen LogP) is 2.38. The van der Waals surface area contributed by atoms with Crippen molar-refractivity contribution < 1.29 is 0 Å². The highest BCUT2D eigenvalue weighted by atomic mass is 32.2. The summed E-state index contributed by atoms with van der Waals surface area (Å²) in [5.74, 6) is 0. The second-order valence-electron chi connectivity index (χ2n) is 2.89. The highest BCUT2D eigenvalue weighted by Crippen LogP contribution is 2.33. The minimum atomic E-state index is 0.796. The quantitative estimate of drug-likeness (QED) is 0.740. The molecule has 0 aliphatic rings. The number of nitrogens with two attached hydrogens (primary N) is 1. The van der Waals surface area contributed by atoms with Crippen LogP contribution in [0.25, 0.3) is 11.3 Å². The van der Waals surface area contributed by atoms with Crippen LogP contribution in [0.1, 0.15) is 0 Å². The number of nitrogen functional groups attached to an aromatic ring is 1. The lowest BCUT2D eigenvalue weighted by molar-refractivity contribution is 1.30. The Kier molecular flexibility index (Phi) is 2.45. The first-order valence-corrected chi connectivity index (χ1v) is 5.46. The second kappa shape index (κ2) is 3.75. The van der Waals surface area contributed by atoms with Crippen LogP contribution in [0.3, 0.4) is 0 Å². The number of H-pyrrole nitrogens is 1. The highest BCUT2D eigenvalue weighted by Gasteiger charge is 2.08. The summed E-state index contributed by atoms with van der Waals surface area (Å²) >= 11 is 1.65. The van der Waals surface area contributed by atoms with E-state index in [4.69, 9.17) is 5.73 Å². The van der Waals surface area contributed by atoms with Crippen LogP contribution in [-0.2, 0) is 0 Å². The van der Waals surface area contributed by atoms with Gasteiger partial charge in [0.25, 0.3) is 0 Å². The molecule has 3 N–H and O–H groups in total. The standard InChI is InChI=1S/C10H11N3S/c1-14-10-8(11)6-13-9(10)7-2-4-12-5-3-7/h2-6,13H,11H2,1H3. The molecule has 2 aromatic heterocycles. The van der Waals surface area contributed by atoms with E-state index in [2.05, 4.69) is 9.97 Å². The Labute approximate surface area is 86.7 Å². The number of anilines is 1. The molecule has 0 radical (unpaired) electrons. The molecule has 2 aromatic rings. The third-order valence-electron chi connectivity index (χ3n) is 2.03. The number of aromatic nitrogens is 2. The van der Waals surface area contributed by atoms with Gasteiger partial charge in [-0.2, -0.15) is 0 Å². The molecule has 3 nitrogen and oxygen atoms in total. The fourth-order valence-electron chi connectivity index (χ4n) is 1.38. The summed E-state index contributed by atoms with van der Waals surface area (Å²) in [5, 5.41) is 0. The smallest absolute Gasteiger partial charge is 0.0636 e. The molecule has 0 atom stereocenters. The van der Waals surface area contributed by atoms with Gasteiger partial charge in [0.15, 0.2) is 0 Å². The minimum Gasteiger partial charge on any atom is -0.397 e. The van der Waals surface area contributed by atoms with Gasteiger partial charge < -0.3 is 10.7 Å². The van der Waals surface area contributed by atoms with Gasteiger partial charge >= 0.3 is 0 Å². The van der Waals surface area contributed by atoms with Crippen molar-refractivity contribution in [3.8, 4) is 11.3 Å². The van der Waals surface area contributed by atoms with Gasteiger partial charge in [-0.1, -0.05) is 0 Å². The molecule has 72 valence electrons. The highest BCUT2D eigenvalue weighted by molar-refractivity contribution is 7.98. The molecule has 2 rings (SSSR count). The lowest BCUT2D eigenvalue weighted by atomic mass is 10.2. The number of pyridine rings is 1. The Balaban J connectivity index is 2.52. The molecule has 2 heterocycles. The molecular weight excluding hydrogens is 194 g/mol. The maximum absolute atomic E-state index is 5.82. The van der Waals surface area contributed by atoms with Crippen LogP contribution in [-0.4, -0.2) is 16.2 Å². The van der Waals surface area contributed by atoms with E-state index in [0.29, 0.717) is 0 Å². The summed E-state index contributed by atoms with van der Waals surface area (Å²) in [5.41, 5.74) is 8.80. The Bertz CT molecular complexity index is 422. The van der Waals surface area contributed by atoms with Crippen molar-refractivity contribution in [3.05, 3.63) is 30.7 Å². The monoisotopic (exact) mass is 205 g/mol. The summed E-state index contributed by atoms with van der Waals surface area (Å²) in [4.78, 5) is 8.24. The molecule has 0 bridgehead atoms. The molecule has 0 fully saturated rings. The molecule has 14 heavy (non-hydrogen) atoms. The second-order valence-corrected chi connectivity index (χ2v) is 3.70. The largest absolute Gasteiger partial charge is 0.397 e. The summed E-state index contributed by atoms with van der Waals surface area (Å²) in [6, 6.07) is 3.93. The van der Waals surface area contributed by atoms with Crippen molar-refractivity contribution in [2.24, 2.45) is 0 Å². The molecule has 4 heteroatoms. The molecule has 0 saturated heterocycles. The Morgan fingerprint density at radius 2 is 2.07 bits per heavy atom. The van der Waals surface area contributed by atoms with E-state index in [1.165, 1.54) is 0 Å². The average Bonchev–Trinajstić information content (AvgIpc) is 2.61. The molecule has 0 aliphatic carbocycles. The van der Waals surface area contributed by atoms with Crippen LogP contribution in [0, 0.1) is 0 Å². The lowest BCUT2D eigenvalue weighted by Crippen LogP contribution is -1.84. The topological polar surface area (TPSA) is 54.7 Å². The predicted molar refractivity (Wildman–Crippen MR) is 60.2 cm³/mol. The summed E-state index contributed by atoms with van der Waals surface area (Å²) in [6.07, 6.45) is 7.39. The molecule has 0 spiro atoms. The van der Waals surface area contributed by atoms with E-state index in [1.54, 1.807) is 24.2 Å². The van der Waals surface area contributed by atoms with E-state index >= 15 is 0 Å². The van der Waals surface area contributed by atoms with Gasteiger partial charge in [0.05, 0.1) is 16.3 Å². The molecular formula is C10H11N3S. The minimum absolute atomic E-state index is 0.796. The normalized spacial score (nSPS) is 10.4. The molecule has 0 unspecified atom stereocenters. The number of thioether (sulfide) groups is 1. The Morgan fingerprint density at radius 1 is 1.36 bits per heavy atom. The Morgan fingerprint density at radius 3 is 2.71 bits per heavy atom. The number of rotatable bonds is 2. The van der Waals surface area contributed by atoms with Crippen molar-refractivity contribution in [1.29, 1.82) is 0 Å². The van der Waals surface area contributed by atoms with Gasteiger partial charge in [-0.15, -0.1) is 11.8 Å². The fourth-order valence-corrected chi connectivity index (χ4v) is 2.05. The third-order valence-corrected chi connectivity index (χ3v) is 2.88. The van der Waals surface area contributed by atoms with E-state index in [0.717, 1.165) is 21.8 Å². The first-order valence-electron chi connectivity index (χ1n) is 4.24. The van der Waals surface area contributed by atoms with E-state index in [-0.39, 0.29) is 0 Å². The zero-order valence-corrected chi connectivity index (χ0v) is 8.64. The maximum Gasteiger partial charge on any atom is 0.0636 e. The SMILES string of the molecule is CSc1c(N)c[nH]c1-c1ccncc1. The number of nitrogens with one attached hydrogen (secondary N) is 1. The van der Waals surface area contributed by atoms with Gasteiger partial charge in [0.2, 0.25) is 0 Å². The maximum atomic E-state index is 5.82. The van der Waals surface area contributed by atoms with E-state index < -0.39 is 0 Å². The zero-order valence-electron chi connectivity index (χ0n) is 7.82. The van der Waals surface area contributed by atoms with Gasteiger partial charge in [0.1, 0.15) is 0 Å². The van der Waals surface area contributed by atoms with Crippen molar-refractivity contribution in [3.63, 3.8) is 0 Å². The van der Waals surface area contributed by atoms with Crippen LogP contribution in [0.4, 0.5) is 5.69 Å². The van der Waals surface area contributed by atoms with E-state index in [1.807, 2.05) is 24.6 Å². The molecule has 0 amide bonds. The molecule has 0 saturated carbocycles. The van der Waals surface area contributed by atoms with Crippen LogP contribution >= 0.6 is 11.8 Å². The van der Waals surface area contributed by atoms with Crippen molar-refractivity contribution in [2.45, 2.75) is 4.90 Å². The summed E-state index contributed by atoms with van der Waals surface area (Å²) < 4.78 is 0. The first kappa shape index (κ1) is 9.15. The first-order chi connectivity index (χ1) is 6.83. The van der Waals surface area contributed by atoms with Gasteiger partial charge in [0, 0.05) is 24.2 Å². The lowest BCUT2D eigenvalue weighted by Gasteiger charge is -2.01. The van der Waals surface area contributed by atoms with Crippen LogP contribution < -0.4 is 5.73 Å². The van der Waals surface area contributed by atoms with Crippen LogP contribution in [0.5, 0.6) is 0 Å². The zero-order chi connectivity index (χ0) is 9.97. The Hall–Kier alpha value is -1.42. The summed E-state index contributed by atoms with van der Waals surface area (Å²) in [7, 11) is 0. The van der Waals surface area contributed by atoms with Gasteiger partial charge in [-0.3, -0.25) is 4.98 Å². The van der Waals surface area contributed by atoms with Crippen LogP contribution in [0.2, 0.25) is 0 Å². The van der Waals surface area contributed by atoms with E-state index in [9.17, 15) is 0 Å². The third kappa shape index (κ3) is 1.48. The van der Waals surface area contributed by atoms with Crippen LogP contribution in [0.15, 0.2) is 35.6 Å². The molecule has 0 aromatic carbocycles. The number of nitrogens with zero attached hydrogens (tertiary/aromatic N) is 1. The summed E-state index contributed by atoms with van der Waals surface area (Å²) in [6.45, 7) is 0. The number of hydrogen-bond donors (Lipinski definition) is 2. The number of aromatic amines is 1. The van der Waals surface area contributed by atoms with Crippen molar-refractivity contribution >= 4 is 17.4 Å².